The Kier molecular flexibility index (Phi) is 3.07. The van der Waals surface area contributed by atoms with E-state index in [1.807, 2.05) is 0 Å². The van der Waals surface area contributed by atoms with Crippen LogP contribution in [0.5, 0.6) is 0 Å². The van der Waals surface area contributed by atoms with Crippen LogP contribution in [0.25, 0.3) is 10.8 Å². The molecule has 0 saturated heterocycles. The lowest BCUT2D eigenvalue weighted by atomic mass is 9.84. The molecule has 3 aromatic rings. The molecule has 100 valence electrons. The third kappa shape index (κ3) is 2.21. The van der Waals surface area contributed by atoms with Crippen molar-refractivity contribution in [3.8, 4) is 0 Å². The van der Waals surface area contributed by atoms with Gasteiger partial charge < -0.3 is 5.73 Å². The number of hydrogen-bond acceptors (Lipinski definition) is 1. The second kappa shape index (κ2) is 4.77. The third-order valence-electron chi connectivity index (χ3n) is 4.00. The molecule has 0 heterocycles. The fraction of sp³-hybridized carbons (Fsp3) is 0.158. The van der Waals surface area contributed by atoms with Gasteiger partial charge in [0.2, 0.25) is 0 Å². The van der Waals surface area contributed by atoms with E-state index in [1.165, 1.54) is 16.3 Å². The number of nitrogens with two attached hydrogens (primary N) is 1. The molecule has 1 heteroatoms. The van der Waals surface area contributed by atoms with Crippen molar-refractivity contribution in [1.29, 1.82) is 0 Å². The summed E-state index contributed by atoms with van der Waals surface area (Å²) in [5, 5.41) is 2.48. The summed E-state index contributed by atoms with van der Waals surface area (Å²) in [4.78, 5) is 0. The molecular formula is C19H19N. The highest BCUT2D eigenvalue weighted by atomic mass is 14.7. The Morgan fingerprint density at radius 3 is 2.05 bits per heavy atom. The lowest BCUT2D eigenvalue weighted by Gasteiger charge is -2.26. The Balaban J connectivity index is 2.10. The van der Waals surface area contributed by atoms with E-state index in [4.69, 9.17) is 5.73 Å². The maximum atomic E-state index is 6.60. The monoisotopic (exact) mass is 261 g/mol. The minimum atomic E-state index is -0.474. The van der Waals surface area contributed by atoms with Gasteiger partial charge in [-0.3, -0.25) is 0 Å². The smallest absolute Gasteiger partial charge is 0.0637 e. The highest BCUT2D eigenvalue weighted by Gasteiger charge is 2.23. The first-order valence-electron chi connectivity index (χ1n) is 6.93. The van der Waals surface area contributed by atoms with Gasteiger partial charge in [0.05, 0.1) is 5.54 Å². The number of aryl methyl sites for hydroxylation is 1. The number of rotatable bonds is 2. The first-order chi connectivity index (χ1) is 9.57. The largest absolute Gasteiger partial charge is 0.318 e. The van der Waals surface area contributed by atoms with Gasteiger partial charge in [0.15, 0.2) is 0 Å². The van der Waals surface area contributed by atoms with Crippen molar-refractivity contribution in [2.24, 2.45) is 5.73 Å². The first-order valence-corrected chi connectivity index (χ1v) is 6.93. The summed E-state index contributed by atoms with van der Waals surface area (Å²) in [5.74, 6) is 0. The molecule has 0 amide bonds. The summed E-state index contributed by atoms with van der Waals surface area (Å²) in [6, 6.07) is 23.3. The summed E-state index contributed by atoms with van der Waals surface area (Å²) in [5.41, 5.74) is 9.66. The van der Waals surface area contributed by atoms with E-state index < -0.39 is 5.54 Å². The molecule has 0 aliphatic heterocycles. The third-order valence-corrected chi connectivity index (χ3v) is 4.00. The van der Waals surface area contributed by atoms with Crippen LogP contribution in [0, 0.1) is 6.92 Å². The summed E-state index contributed by atoms with van der Waals surface area (Å²) in [7, 11) is 0. The van der Waals surface area contributed by atoms with E-state index in [0.717, 1.165) is 11.1 Å². The molecule has 1 unspecified atom stereocenters. The van der Waals surface area contributed by atoms with Crippen LogP contribution in [0.3, 0.4) is 0 Å². The Hall–Kier alpha value is -2.12. The van der Waals surface area contributed by atoms with Crippen molar-refractivity contribution < 1.29 is 0 Å². The van der Waals surface area contributed by atoms with Crippen LogP contribution in [-0.2, 0) is 5.54 Å². The van der Waals surface area contributed by atoms with Gasteiger partial charge in [-0.25, -0.2) is 0 Å². The van der Waals surface area contributed by atoms with Gasteiger partial charge in [-0.05, 0) is 41.8 Å². The van der Waals surface area contributed by atoms with Crippen molar-refractivity contribution in [2.75, 3.05) is 0 Å². The lowest BCUT2D eigenvalue weighted by molar-refractivity contribution is 0.604. The highest BCUT2D eigenvalue weighted by molar-refractivity contribution is 5.83. The van der Waals surface area contributed by atoms with Gasteiger partial charge in [-0.1, -0.05) is 66.2 Å². The van der Waals surface area contributed by atoms with E-state index in [2.05, 4.69) is 80.6 Å². The fourth-order valence-corrected chi connectivity index (χ4v) is 2.58. The number of hydrogen-bond donors (Lipinski definition) is 1. The Morgan fingerprint density at radius 2 is 1.35 bits per heavy atom. The van der Waals surface area contributed by atoms with Gasteiger partial charge in [0.25, 0.3) is 0 Å². The fourth-order valence-electron chi connectivity index (χ4n) is 2.58. The van der Waals surface area contributed by atoms with Gasteiger partial charge in [-0.2, -0.15) is 0 Å². The predicted molar refractivity (Wildman–Crippen MR) is 85.8 cm³/mol. The van der Waals surface area contributed by atoms with Crippen molar-refractivity contribution in [3.63, 3.8) is 0 Å². The van der Waals surface area contributed by atoms with Crippen molar-refractivity contribution in [1.82, 2.24) is 0 Å². The number of benzene rings is 3. The normalized spacial score (nSPS) is 14.2. The zero-order chi connectivity index (χ0) is 14.2. The van der Waals surface area contributed by atoms with Crippen LogP contribution >= 0.6 is 0 Å². The second-order valence-electron chi connectivity index (χ2n) is 5.63. The van der Waals surface area contributed by atoms with Gasteiger partial charge in [0.1, 0.15) is 0 Å². The SMILES string of the molecule is Cc1ccc(C(C)(N)c2ccc3ccccc3c2)cc1. The maximum Gasteiger partial charge on any atom is 0.0637 e. The molecular weight excluding hydrogens is 242 g/mol. The van der Waals surface area contributed by atoms with Crippen LogP contribution < -0.4 is 5.73 Å². The topological polar surface area (TPSA) is 26.0 Å². The molecule has 0 spiro atoms. The first kappa shape index (κ1) is 12.9. The molecule has 0 bridgehead atoms. The summed E-state index contributed by atoms with van der Waals surface area (Å²) < 4.78 is 0. The van der Waals surface area contributed by atoms with Crippen LogP contribution in [0.1, 0.15) is 23.6 Å². The molecule has 1 nitrogen and oxygen atoms in total. The van der Waals surface area contributed by atoms with Crippen molar-refractivity contribution >= 4 is 10.8 Å². The van der Waals surface area contributed by atoms with Crippen LogP contribution in [-0.4, -0.2) is 0 Å². The van der Waals surface area contributed by atoms with Gasteiger partial charge >= 0.3 is 0 Å². The maximum absolute atomic E-state index is 6.60. The molecule has 0 aromatic heterocycles. The average molecular weight is 261 g/mol. The standard InChI is InChI=1S/C19H19N/c1-14-7-10-17(11-8-14)19(2,20)18-12-9-15-5-3-4-6-16(15)13-18/h3-13H,20H2,1-2H3. The van der Waals surface area contributed by atoms with E-state index >= 15 is 0 Å². The minimum absolute atomic E-state index is 0.474. The van der Waals surface area contributed by atoms with Crippen LogP contribution in [0.4, 0.5) is 0 Å². The highest BCUT2D eigenvalue weighted by Crippen LogP contribution is 2.29. The van der Waals surface area contributed by atoms with Crippen molar-refractivity contribution in [3.05, 3.63) is 83.4 Å². The second-order valence-corrected chi connectivity index (χ2v) is 5.63. The Morgan fingerprint density at radius 1 is 0.750 bits per heavy atom. The van der Waals surface area contributed by atoms with Crippen LogP contribution in [0.15, 0.2) is 66.7 Å². The summed E-state index contributed by atoms with van der Waals surface area (Å²) >= 11 is 0. The lowest BCUT2D eigenvalue weighted by Crippen LogP contribution is -2.34. The van der Waals surface area contributed by atoms with E-state index in [1.54, 1.807) is 0 Å². The molecule has 20 heavy (non-hydrogen) atoms. The van der Waals surface area contributed by atoms with E-state index in [-0.39, 0.29) is 0 Å². The molecule has 0 aliphatic carbocycles. The summed E-state index contributed by atoms with van der Waals surface area (Å²) in [6.45, 7) is 4.16. The van der Waals surface area contributed by atoms with Gasteiger partial charge in [0, 0.05) is 0 Å². The predicted octanol–water partition coefficient (Wildman–Crippen LogP) is 4.37. The Bertz CT molecular complexity index is 739. The Labute approximate surface area is 120 Å². The average Bonchev–Trinajstić information content (AvgIpc) is 2.47. The number of fused-ring (bicyclic) bond motifs is 1. The molecule has 0 radical (unpaired) electrons. The quantitative estimate of drug-likeness (QED) is 0.728. The zero-order valence-corrected chi connectivity index (χ0v) is 11.9. The zero-order valence-electron chi connectivity index (χ0n) is 11.9. The minimum Gasteiger partial charge on any atom is -0.318 e. The molecule has 2 N–H and O–H groups in total. The van der Waals surface area contributed by atoms with Gasteiger partial charge in [-0.15, -0.1) is 0 Å². The van der Waals surface area contributed by atoms with E-state index in [0.29, 0.717) is 0 Å². The molecule has 3 aromatic carbocycles. The molecule has 0 aliphatic rings. The molecule has 0 saturated carbocycles. The van der Waals surface area contributed by atoms with Crippen molar-refractivity contribution in [2.45, 2.75) is 19.4 Å². The summed E-state index contributed by atoms with van der Waals surface area (Å²) in [6.07, 6.45) is 0. The van der Waals surface area contributed by atoms with E-state index in [9.17, 15) is 0 Å². The van der Waals surface area contributed by atoms with Crippen LogP contribution in [0.2, 0.25) is 0 Å². The molecule has 0 fully saturated rings. The molecule has 1 atom stereocenters. The molecule has 3 rings (SSSR count).